The molecule has 2 aromatic rings. The Morgan fingerprint density at radius 2 is 1.29 bits per heavy atom. The molecule has 0 fully saturated rings. The van der Waals surface area contributed by atoms with Gasteiger partial charge in [-0.15, -0.1) is 5.06 Å². The lowest BCUT2D eigenvalue weighted by Gasteiger charge is -2.25. The summed E-state index contributed by atoms with van der Waals surface area (Å²) >= 11 is 0. The first-order chi connectivity index (χ1) is 26.5. The largest absolute Gasteiger partial charge is 0.392 e. The molecule has 0 saturated heterocycles. The number of nitrogens with one attached hydrogen (secondary N) is 4. The van der Waals surface area contributed by atoms with Gasteiger partial charge in [-0.3, -0.25) is 28.8 Å². The van der Waals surface area contributed by atoms with Crippen molar-refractivity contribution >= 4 is 41.3 Å². The van der Waals surface area contributed by atoms with E-state index in [4.69, 9.17) is 29.5 Å². The van der Waals surface area contributed by atoms with Gasteiger partial charge in [-0.1, -0.05) is 38.1 Å². The SMILES string of the molecule is CC(C)C(NC(=O)CCOCCOCCOCCOCCON1C(=O)c2ccccc2C1=O)C(=O)NC(CCCNC(N)=O)C(=O)Nc1ccc(CO)cc1. The highest BCUT2D eigenvalue weighted by molar-refractivity contribution is 6.20. The van der Waals surface area contributed by atoms with E-state index in [9.17, 15) is 33.9 Å². The highest BCUT2D eigenvalue weighted by Gasteiger charge is 2.36. The molecule has 2 atom stereocenters. The number of hydrogen-bond donors (Lipinski definition) is 6. The highest BCUT2D eigenvalue weighted by atomic mass is 16.7. The minimum absolute atomic E-state index is 0.00448. The van der Waals surface area contributed by atoms with Crippen LogP contribution in [0.25, 0.3) is 0 Å². The van der Waals surface area contributed by atoms with E-state index in [1.165, 1.54) is 0 Å². The normalized spacial score (nSPS) is 13.3. The van der Waals surface area contributed by atoms with Crippen LogP contribution in [0.4, 0.5) is 10.5 Å². The van der Waals surface area contributed by atoms with Gasteiger partial charge in [-0.05, 0) is 48.6 Å². The summed E-state index contributed by atoms with van der Waals surface area (Å²) < 4.78 is 21.8. The summed E-state index contributed by atoms with van der Waals surface area (Å²) in [4.78, 5) is 80.0. The van der Waals surface area contributed by atoms with Crippen LogP contribution in [0.5, 0.6) is 0 Å². The topological polar surface area (TPSA) is 246 Å². The van der Waals surface area contributed by atoms with Crippen molar-refractivity contribution in [3.05, 3.63) is 65.2 Å². The van der Waals surface area contributed by atoms with Crippen LogP contribution in [0, 0.1) is 5.92 Å². The molecular weight excluding hydrogens is 720 g/mol. The van der Waals surface area contributed by atoms with Crippen molar-refractivity contribution < 1.29 is 57.7 Å². The Balaban J connectivity index is 1.24. The number of anilines is 1. The fraction of sp³-hybridized carbons (Fsp3) is 0.514. The number of hydrogen-bond acceptors (Lipinski definition) is 12. The quantitative estimate of drug-likeness (QED) is 0.0548. The van der Waals surface area contributed by atoms with E-state index in [0.717, 1.165) is 5.06 Å². The minimum Gasteiger partial charge on any atom is -0.392 e. The van der Waals surface area contributed by atoms with E-state index in [2.05, 4.69) is 21.3 Å². The fourth-order valence-corrected chi connectivity index (χ4v) is 5.15. The summed E-state index contributed by atoms with van der Waals surface area (Å²) in [6, 6.07) is 10.5. The third-order valence-electron chi connectivity index (χ3n) is 8.07. The summed E-state index contributed by atoms with van der Waals surface area (Å²) in [5.41, 5.74) is 6.88. The smallest absolute Gasteiger partial charge is 0.312 e. The van der Waals surface area contributed by atoms with Crippen LogP contribution in [-0.4, -0.2) is 124 Å². The molecule has 0 bridgehead atoms. The first-order valence-electron chi connectivity index (χ1n) is 18.1. The summed E-state index contributed by atoms with van der Waals surface area (Å²) in [5.74, 6) is -2.74. The lowest BCUT2D eigenvalue weighted by Crippen LogP contribution is -2.54. The maximum absolute atomic E-state index is 13.3. The van der Waals surface area contributed by atoms with Gasteiger partial charge in [0.15, 0.2) is 0 Å². The zero-order valence-electron chi connectivity index (χ0n) is 31.2. The minimum atomic E-state index is -0.979. The summed E-state index contributed by atoms with van der Waals surface area (Å²) in [6.45, 7) is 5.60. The van der Waals surface area contributed by atoms with Gasteiger partial charge in [0.2, 0.25) is 17.7 Å². The van der Waals surface area contributed by atoms with Crippen LogP contribution < -0.4 is 27.0 Å². The number of fused-ring (bicyclic) bond motifs is 1. The molecule has 1 aliphatic rings. The lowest BCUT2D eigenvalue weighted by molar-refractivity contribution is -0.132. The number of carbonyl (C=O) groups excluding carboxylic acids is 6. The van der Waals surface area contributed by atoms with E-state index in [1.54, 1.807) is 62.4 Å². The van der Waals surface area contributed by atoms with E-state index < -0.39 is 47.7 Å². The number of imide groups is 1. The van der Waals surface area contributed by atoms with Gasteiger partial charge in [0.05, 0.1) is 77.2 Å². The first-order valence-corrected chi connectivity index (χ1v) is 18.1. The third kappa shape index (κ3) is 15.7. The molecule has 2 unspecified atom stereocenters. The predicted molar refractivity (Wildman–Crippen MR) is 197 cm³/mol. The molecule has 7 amide bonds. The van der Waals surface area contributed by atoms with E-state index in [1.807, 2.05) is 0 Å². The van der Waals surface area contributed by atoms with Gasteiger partial charge >= 0.3 is 6.03 Å². The number of rotatable bonds is 27. The second-order valence-electron chi connectivity index (χ2n) is 12.6. The number of aliphatic hydroxyl groups excluding tert-OH is 1. The molecule has 3 rings (SSSR count). The molecule has 0 aromatic heterocycles. The molecular formula is C37H52N6O12. The van der Waals surface area contributed by atoms with Crippen molar-refractivity contribution in [3.8, 4) is 0 Å². The molecule has 55 heavy (non-hydrogen) atoms. The van der Waals surface area contributed by atoms with Crippen LogP contribution in [0.1, 0.15) is 59.4 Å². The fourth-order valence-electron chi connectivity index (χ4n) is 5.15. The number of ether oxygens (including phenoxy) is 4. The number of nitrogens with zero attached hydrogens (tertiary/aromatic N) is 1. The molecule has 0 saturated carbocycles. The van der Waals surface area contributed by atoms with Crippen LogP contribution in [0.15, 0.2) is 48.5 Å². The molecule has 0 radical (unpaired) electrons. The number of amides is 7. The molecule has 1 aliphatic heterocycles. The summed E-state index contributed by atoms with van der Waals surface area (Å²) in [6.07, 6.45) is 0.522. The summed E-state index contributed by atoms with van der Waals surface area (Å²) in [7, 11) is 0. The molecule has 1 heterocycles. The van der Waals surface area contributed by atoms with Gasteiger partial charge in [0.1, 0.15) is 12.1 Å². The second kappa shape index (κ2) is 24.4. The number of benzene rings is 2. The molecule has 0 aliphatic carbocycles. The Kier molecular flexibility index (Phi) is 19.7. The molecule has 18 nitrogen and oxygen atoms in total. The van der Waals surface area contributed by atoms with Crippen molar-refractivity contribution in [1.29, 1.82) is 0 Å². The first kappa shape index (κ1) is 44.4. The summed E-state index contributed by atoms with van der Waals surface area (Å²) in [5, 5.41) is 20.6. The van der Waals surface area contributed by atoms with Gasteiger partial charge in [0, 0.05) is 18.7 Å². The van der Waals surface area contributed by atoms with Crippen LogP contribution in [-0.2, 0) is 44.8 Å². The zero-order valence-corrected chi connectivity index (χ0v) is 31.2. The maximum Gasteiger partial charge on any atom is 0.312 e. The van der Waals surface area contributed by atoms with Gasteiger partial charge in [0.25, 0.3) is 11.8 Å². The Morgan fingerprint density at radius 1 is 0.745 bits per heavy atom. The van der Waals surface area contributed by atoms with Gasteiger partial charge in [-0.2, -0.15) is 0 Å². The van der Waals surface area contributed by atoms with Gasteiger partial charge < -0.3 is 51.1 Å². The maximum atomic E-state index is 13.3. The van der Waals surface area contributed by atoms with E-state index >= 15 is 0 Å². The van der Waals surface area contributed by atoms with Crippen molar-refractivity contribution in [2.75, 3.05) is 71.3 Å². The number of urea groups is 1. The number of nitrogens with two attached hydrogens (primary N) is 1. The van der Waals surface area contributed by atoms with Crippen molar-refractivity contribution in [3.63, 3.8) is 0 Å². The molecule has 7 N–H and O–H groups in total. The lowest BCUT2D eigenvalue weighted by atomic mass is 10.0. The average molecular weight is 773 g/mol. The standard InChI is InChI=1S/C37H52N6O12/c1-25(2)32(34(47)41-30(8-5-14-39-37(38)50)33(46)40-27-11-9-26(24-44)10-12-27)42-31(45)13-15-51-16-17-52-18-19-53-20-21-54-22-23-55-43-35(48)28-6-3-4-7-29(28)36(43)49/h3-4,6-7,9-12,25,30,32,44H,5,8,13-24H2,1-2H3,(H,40,46)(H,41,47)(H,42,45)(H3,38,39,50). The Morgan fingerprint density at radius 3 is 1.82 bits per heavy atom. The number of hydroxylamine groups is 2. The number of carbonyl (C=O) groups is 6. The van der Waals surface area contributed by atoms with Crippen molar-refractivity contribution in [2.45, 2.75) is 51.8 Å². The third-order valence-corrected chi connectivity index (χ3v) is 8.07. The highest BCUT2D eigenvalue weighted by Crippen LogP contribution is 2.22. The van der Waals surface area contributed by atoms with Crippen LogP contribution in [0.2, 0.25) is 0 Å². The van der Waals surface area contributed by atoms with E-state index in [0.29, 0.717) is 48.6 Å². The molecule has 18 heteroatoms. The Bertz CT molecular complexity index is 1520. The number of primary amides is 1. The molecule has 2 aromatic carbocycles. The van der Waals surface area contributed by atoms with Crippen LogP contribution >= 0.6 is 0 Å². The predicted octanol–water partition coefficient (Wildman–Crippen LogP) is 0.876. The van der Waals surface area contributed by atoms with Crippen LogP contribution in [0.3, 0.4) is 0 Å². The zero-order chi connectivity index (χ0) is 40.0. The average Bonchev–Trinajstić information content (AvgIpc) is 3.41. The second-order valence-corrected chi connectivity index (χ2v) is 12.6. The Labute approximate surface area is 319 Å². The monoisotopic (exact) mass is 772 g/mol. The Hall–Kier alpha value is -4.98. The van der Waals surface area contributed by atoms with Gasteiger partial charge in [-0.25, -0.2) is 4.79 Å². The molecule has 0 spiro atoms. The molecule has 302 valence electrons. The van der Waals surface area contributed by atoms with E-state index in [-0.39, 0.29) is 71.6 Å². The van der Waals surface area contributed by atoms with Crippen molar-refractivity contribution in [2.24, 2.45) is 11.7 Å². The number of aliphatic hydroxyl groups is 1. The van der Waals surface area contributed by atoms with Crippen molar-refractivity contribution in [1.82, 2.24) is 21.0 Å².